The third kappa shape index (κ3) is 1.65. The molecular weight excluding hydrogens is 236 g/mol. The van der Waals surface area contributed by atoms with E-state index in [9.17, 15) is 4.79 Å². The van der Waals surface area contributed by atoms with Crippen molar-refractivity contribution in [2.45, 2.75) is 64.2 Å². The van der Waals surface area contributed by atoms with Gasteiger partial charge in [0, 0.05) is 0 Å². The lowest BCUT2D eigenvalue weighted by atomic mass is 9.63. The number of rotatable bonds is 2. The van der Waals surface area contributed by atoms with Gasteiger partial charge in [-0.05, 0) is 71.8 Å². The number of ether oxygens (including phenoxy) is 1. The normalized spacial score (nSPS) is 26.9. The van der Waals surface area contributed by atoms with E-state index in [0.717, 1.165) is 17.7 Å². The van der Waals surface area contributed by atoms with Crippen molar-refractivity contribution in [3.63, 3.8) is 0 Å². The fourth-order valence-corrected chi connectivity index (χ4v) is 4.02. The molecule has 0 heterocycles. The zero-order valence-corrected chi connectivity index (χ0v) is 12.3. The molecule has 2 aliphatic carbocycles. The molecule has 0 aliphatic heterocycles. The monoisotopic (exact) mass is 258 g/mol. The summed E-state index contributed by atoms with van der Waals surface area (Å²) in [5.74, 6) is 0.753. The first-order valence-electron chi connectivity index (χ1n) is 7.17. The molecule has 0 aromatic heterocycles. The molecule has 1 atom stereocenters. The summed E-state index contributed by atoms with van der Waals surface area (Å²) in [5, 5.41) is 0. The van der Waals surface area contributed by atoms with Crippen LogP contribution >= 0.6 is 0 Å². The third-order valence-corrected chi connectivity index (χ3v) is 5.41. The van der Waals surface area contributed by atoms with Crippen LogP contribution in [0.2, 0.25) is 0 Å². The molecule has 2 nitrogen and oxygen atoms in total. The molecule has 19 heavy (non-hydrogen) atoms. The van der Waals surface area contributed by atoms with Gasteiger partial charge in [0.05, 0.1) is 0 Å². The number of benzene rings is 1. The Hall–Kier alpha value is -1.31. The summed E-state index contributed by atoms with van der Waals surface area (Å²) in [4.78, 5) is 10.7. The van der Waals surface area contributed by atoms with Gasteiger partial charge in [-0.15, -0.1) is 0 Å². The summed E-state index contributed by atoms with van der Waals surface area (Å²) >= 11 is 0. The van der Waals surface area contributed by atoms with Crippen LogP contribution in [0.5, 0.6) is 5.75 Å². The van der Waals surface area contributed by atoms with E-state index in [2.05, 4.69) is 33.8 Å². The second kappa shape index (κ2) is 3.84. The average molecular weight is 258 g/mol. The summed E-state index contributed by atoms with van der Waals surface area (Å²) in [5.41, 5.74) is 6.07. The van der Waals surface area contributed by atoms with E-state index in [1.54, 1.807) is 5.56 Å². The number of hydrogen-bond donors (Lipinski definition) is 0. The number of hydrogen-bond acceptors (Lipinski definition) is 2. The van der Waals surface area contributed by atoms with Gasteiger partial charge in [-0.2, -0.15) is 0 Å². The van der Waals surface area contributed by atoms with Crippen LogP contribution < -0.4 is 4.74 Å². The molecule has 0 bridgehead atoms. The standard InChI is InChI=1S/C17H22O2/c1-11-12-5-6-17(4)8-7-16(2,3)13(15(12)17)9-14(11)19-10-18/h9-10H,5-8H2,1-4H3. The Morgan fingerprint density at radius 3 is 2.63 bits per heavy atom. The van der Waals surface area contributed by atoms with Gasteiger partial charge in [0.1, 0.15) is 5.75 Å². The predicted molar refractivity (Wildman–Crippen MR) is 75.8 cm³/mol. The van der Waals surface area contributed by atoms with Crippen LogP contribution in [0.1, 0.15) is 62.3 Å². The van der Waals surface area contributed by atoms with Gasteiger partial charge < -0.3 is 4.74 Å². The summed E-state index contributed by atoms with van der Waals surface area (Å²) in [6.07, 6.45) is 4.83. The quantitative estimate of drug-likeness (QED) is 0.754. The highest BCUT2D eigenvalue weighted by atomic mass is 16.5. The molecule has 0 amide bonds. The van der Waals surface area contributed by atoms with Crippen LogP contribution in [0.25, 0.3) is 0 Å². The molecule has 2 aliphatic rings. The Morgan fingerprint density at radius 2 is 1.95 bits per heavy atom. The Bertz CT molecular complexity index is 557. The Labute approximate surface area is 115 Å². The maximum absolute atomic E-state index is 10.7. The summed E-state index contributed by atoms with van der Waals surface area (Å²) < 4.78 is 5.21. The topological polar surface area (TPSA) is 26.3 Å². The van der Waals surface area contributed by atoms with E-state index in [1.165, 1.54) is 30.4 Å². The van der Waals surface area contributed by atoms with Crippen molar-refractivity contribution in [1.29, 1.82) is 0 Å². The first-order valence-corrected chi connectivity index (χ1v) is 7.17. The molecular formula is C17H22O2. The molecule has 1 aromatic carbocycles. The van der Waals surface area contributed by atoms with Crippen LogP contribution in [0.4, 0.5) is 0 Å². The van der Waals surface area contributed by atoms with Gasteiger partial charge in [0.15, 0.2) is 0 Å². The van der Waals surface area contributed by atoms with Gasteiger partial charge in [-0.3, -0.25) is 4.79 Å². The van der Waals surface area contributed by atoms with Crippen LogP contribution in [-0.2, 0) is 22.0 Å². The van der Waals surface area contributed by atoms with Gasteiger partial charge in [0.2, 0.25) is 0 Å². The molecule has 0 fully saturated rings. The first-order chi connectivity index (χ1) is 8.89. The second-order valence-electron chi connectivity index (χ2n) is 7.06. The van der Waals surface area contributed by atoms with Crippen molar-refractivity contribution in [2.24, 2.45) is 0 Å². The highest BCUT2D eigenvalue weighted by Crippen LogP contribution is 2.55. The number of carbonyl (C=O) groups excluding carboxylic acids is 1. The van der Waals surface area contributed by atoms with Crippen molar-refractivity contribution in [1.82, 2.24) is 0 Å². The second-order valence-corrected chi connectivity index (χ2v) is 7.06. The zero-order chi connectivity index (χ0) is 13.8. The molecule has 0 saturated heterocycles. The van der Waals surface area contributed by atoms with E-state index < -0.39 is 0 Å². The van der Waals surface area contributed by atoms with Crippen molar-refractivity contribution in [2.75, 3.05) is 0 Å². The summed E-state index contributed by atoms with van der Waals surface area (Å²) in [7, 11) is 0. The predicted octanol–water partition coefficient (Wildman–Crippen LogP) is 3.81. The minimum atomic E-state index is 0.183. The molecule has 0 saturated carbocycles. The van der Waals surface area contributed by atoms with Crippen molar-refractivity contribution >= 4 is 6.47 Å². The Balaban J connectivity index is 2.30. The van der Waals surface area contributed by atoms with E-state index in [0.29, 0.717) is 11.9 Å². The summed E-state index contributed by atoms with van der Waals surface area (Å²) in [6, 6.07) is 2.12. The lowest BCUT2D eigenvalue weighted by Crippen LogP contribution is -2.34. The maximum atomic E-state index is 10.7. The van der Waals surface area contributed by atoms with Gasteiger partial charge in [0.25, 0.3) is 6.47 Å². The minimum Gasteiger partial charge on any atom is -0.428 e. The van der Waals surface area contributed by atoms with Gasteiger partial charge >= 0.3 is 0 Å². The highest BCUT2D eigenvalue weighted by Gasteiger charge is 2.45. The molecule has 2 heteroatoms. The SMILES string of the molecule is Cc1c(OC=O)cc2c3c1CCC3(C)CCC2(C)C. The van der Waals surface area contributed by atoms with Crippen LogP contribution in [-0.4, -0.2) is 6.47 Å². The number of carbonyl (C=O) groups is 1. The van der Waals surface area contributed by atoms with Crippen LogP contribution in [0.3, 0.4) is 0 Å². The highest BCUT2D eigenvalue weighted by molar-refractivity contribution is 5.60. The summed E-state index contributed by atoms with van der Waals surface area (Å²) in [6.45, 7) is 9.64. The van der Waals surface area contributed by atoms with E-state index in [4.69, 9.17) is 4.74 Å². The van der Waals surface area contributed by atoms with Crippen molar-refractivity contribution in [3.05, 3.63) is 28.3 Å². The fourth-order valence-electron chi connectivity index (χ4n) is 4.02. The molecule has 1 unspecified atom stereocenters. The Kier molecular flexibility index (Phi) is 2.57. The Morgan fingerprint density at radius 1 is 1.21 bits per heavy atom. The maximum Gasteiger partial charge on any atom is 0.298 e. The molecule has 3 rings (SSSR count). The lowest BCUT2D eigenvalue weighted by Gasteiger charge is -2.42. The minimum absolute atomic E-state index is 0.183. The molecule has 0 spiro atoms. The van der Waals surface area contributed by atoms with Gasteiger partial charge in [-0.1, -0.05) is 20.8 Å². The first kappa shape index (κ1) is 12.7. The zero-order valence-electron chi connectivity index (χ0n) is 12.3. The van der Waals surface area contributed by atoms with E-state index in [1.807, 2.05) is 0 Å². The third-order valence-electron chi connectivity index (χ3n) is 5.41. The van der Waals surface area contributed by atoms with Gasteiger partial charge in [-0.25, -0.2) is 0 Å². The molecule has 0 N–H and O–H groups in total. The smallest absolute Gasteiger partial charge is 0.298 e. The lowest BCUT2D eigenvalue weighted by molar-refractivity contribution is -0.120. The molecule has 102 valence electrons. The van der Waals surface area contributed by atoms with Crippen LogP contribution in [0, 0.1) is 6.92 Å². The average Bonchev–Trinajstić information content (AvgIpc) is 2.70. The van der Waals surface area contributed by atoms with Crippen molar-refractivity contribution in [3.8, 4) is 5.75 Å². The molecule has 0 radical (unpaired) electrons. The van der Waals surface area contributed by atoms with Crippen molar-refractivity contribution < 1.29 is 9.53 Å². The fraction of sp³-hybridized carbons (Fsp3) is 0.588. The largest absolute Gasteiger partial charge is 0.428 e. The van der Waals surface area contributed by atoms with E-state index in [-0.39, 0.29) is 5.41 Å². The van der Waals surface area contributed by atoms with Crippen LogP contribution in [0.15, 0.2) is 6.07 Å². The van der Waals surface area contributed by atoms with E-state index >= 15 is 0 Å². The molecule has 1 aromatic rings.